The minimum atomic E-state index is -2.86. The van der Waals surface area contributed by atoms with Gasteiger partial charge in [-0.3, -0.25) is 0 Å². The predicted molar refractivity (Wildman–Crippen MR) is 13.8 cm³/mol. The molecule has 6 heavy (non-hydrogen) atoms. The molecule has 0 aromatic heterocycles. The molecule has 30 valence electrons. The summed E-state index contributed by atoms with van der Waals surface area (Å²) in [5, 5.41) is 0. The summed E-state index contributed by atoms with van der Waals surface area (Å²) in [6.07, 6.45) is 0. The standard InChI is InChI=1S/2K.H2O3S.2H/c;;1-4(2)3;;/h;;(H2,1,2,3);;/q2*+1;;2*-1/p-1. The fourth-order valence-corrected chi connectivity index (χ4v) is 0. The molecule has 3 nitrogen and oxygen atoms in total. The number of hydrogen-bond donors (Lipinski definition) is 1. The van der Waals surface area contributed by atoms with Crippen LogP contribution >= 0.6 is 0 Å². The molecule has 1 unspecified atom stereocenters. The third-order valence-corrected chi connectivity index (χ3v) is 0. The fourth-order valence-electron chi connectivity index (χ4n) is 0. The largest absolute Gasteiger partial charge is 1.00 e. The normalized spacial score (nSPS) is 10.3. The van der Waals surface area contributed by atoms with Gasteiger partial charge >= 0.3 is 103 Å². The SMILES string of the molecule is O=S([O-])O.[H-].[H-].[K+].[K+]. The molecule has 0 aromatic rings. The van der Waals surface area contributed by atoms with E-state index in [0.29, 0.717) is 0 Å². The summed E-state index contributed by atoms with van der Waals surface area (Å²) in [6.45, 7) is 0. The smallest absolute Gasteiger partial charge is 1.00 e. The zero-order chi connectivity index (χ0) is 3.58. The minimum absolute atomic E-state index is 0. The molecule has 0 rings (SSSR count). The van der Waals surface area contributed by atoms with E-state index in [2.05, 4.69) is 0 Å². The van der Waals surface area contributed by atoms with E-state index in [1.807, 2.05) is 0 Å². The average Bonchev–Trinajstić information content (AvgIpc) is 0.811. The van der Waals surface area contributed by atoms with Gasteiger partial charge < -0.3 is 12.0 Å². The van der Waals surface area contributed by atoms with Gasteiger partial charge in [0.2, 0.25) is 0 Å². The Morgan fingerprint density at radius 2 is 1.67 bits per heavy atom. The maximum atomic E-state index is 8.56. The zero-order valence-corrected chi connectivity index (χ0v) is 10.7. The Morgan fingerprint density at radius 3 is 1.67 bits per heavy atom. The molecule has 6 heteroatoms. The molecular formula is H3K2O3S-. The maximum Gasteiger partial charge on any atom is 1.00 e. The van der Waals surface area contributed by atoms with Crippen molar-refractivity contribution in [2.45, 2.75) is 0 Å². The minimum Gasteiger partial charge on any atom is -1.00 e. The first-order chi connectivity index (χ1) is 1.73. The van der Waals surface area contributed by atoms with Gasteiger partial charge in [0.25, 0.3) is 0 Å². The van der Waals surface area contributed by atoms with E-state index in [4.69, 9.17) is 13.3 Å². The third-order valence-electron chi connectivity index (χ3n) is 0. The van der Waals surface area contributed by atoms with Crippen molar-refractivity contribution in [2.24, 2.45) is 0 Å². The maximum absolute atomic E-state index is 8.56. The average molecular weight is 161 g/mol. The Hall–Kier alpha value is 3.34. The third kappa shape index (κ3) is 26.4. The van der Waals surface area contributed by atoms with Crippen LogP contribution in [0.15, 0.2) is 0 Å². The van der Waals surface area contributed by atoms with Crippen LogP contribution < -0.4 is 103 Å². The summed E-state index contributed by atoms with van der Waals surface area (Å²) in [7, 11) is 0. The summed E-state index contributed by atoms with van der Waals surface area (Å²) in [5.41, 5.74) is 0. The van der Waals surface area contributed by atoms with Crippen LogP contribution in [0.1, 0.15) is 2.85 Å². The van der Waals surface area contributed by atoms with E-state index in [0.717, 1.165) is 0 Å². The van der Waals surface area contributed by atoms with Crippen LogP contribution in [0.5, 0.6) is 0 Å². The summed E-state index contributed by atoms with van der Waals surface area (Å²) in [6, 6.07) is 0. The summed E-state index contributed by atoms with van der Waals surface area (Å²) < 4.78 is 24.1. The van der Waals surface area contributed by atoms with Crippen molar-refractivity contribution < 1.29 is 119 Å². The molecule has 0 bridgehead atoms. The van der Waals surface area contributed by atoms with E-state index >= 15 is 0 Å². The first-order valence-electron chi connectivity index (χ1n) is 0.516. The monoisotopic (exact) mass is 161 g/mol. The molecule has 0 aliphatic heterocycles. The summed E-state index contributed by atoms with van der Waals surface area (Å²) >= 11 is -2.86. The second-order valence-corrected chi connectivity index (χ2v) is 0.651. The predicted octanol–water partition coefficient (Wildman–Crippen LogP) is -6.43. The molecule has 0 saturated heterocycles. The Labute approximate surface area is 127 Å². The van der Waals surface area contributed by atoms with Crippen LogP contribution in [0.4, 0.5) is 0 Å². The molecule has 0 aliphatic carbocycles. The van der Waals surface area contributed by atoms with Crippen molar-refractivity contribution in [3.05, 3.63) is 0 Å². The Balaban J connectivity index is -0.00000000750. The van der Waals surface area contributed by atoms with Crippen molar-refractivity contribution in [2.75, 3.05) is 0 Å². The van der Waals surface area contributed by atoms with E-state index in [9.17, 15) is 0 Å². The molecule has 0 amide bonds. The zero-order valence-electron chi connectivity index (χ0n) is 5.67. The Kier molecular flexibility index (Phi) is 30.1. The second-order valence-electron chi connectivity index (χ2n) is 0.217. The van der Waals surface area contributed by atoms with Crippen molar-refractivity contribution in [3.8, 4) is 0 Å². The van der Waals surface area contributed by atoms with Crippen LogP contribution in [0.3, 0.4) is 0 Å². The molecule has 0 spiro atoms. The molecule has 0 aromatic carbocycles. The second kappa shape index (κ2) is 11.2. The van der Waals surface area contributed by atoms with Crippen LogP contribution in [-0.4, -0.2) is 13.3 Å². The van der Waals surface area contributed by atoms with Crippen LogP contribution in [0, 0.1) is 0 Å². The van der Waals surface area contributed by atoms with Gasteiger partial charge in [-0.25, -0.2) is 4.21 Å². The molecule has 0 aliphatic rings. The Morgan fingerprint density at radius 1 is 1.67 bits per heavy atom. The molecule has 0 saturated carbocycles. The van der Waals surface area contributed by atoms with Gasteiger partial charge in [0, 0.05) is 0 Å². The summed E-state index contributed by atoms with van der Waals surface area (Å²) in [5.74, 6) is 0. The van der Waals surface area contributed by atoms with Crippen molar-refractivity contribution in [1.29, 1.82) is 0 Å². The van der Waals surface area contributed by atoms with E-state index in [1.165, 1.54) is 0 Å². The first-order valence-corrected chi connectivity index (χ1v) is 1.55. The van der Waals surface area contributed by atoms with Gasteiger partial charge in [0.15, 0.2) is 0 Å². The molecular weight excluding hydrogens is 158 g/mol. The van der Waals surface area contributed by atoms with Gasteiger partial charge in [-0.05, 0) is 0 Å². The fraction of sp³-hybridized carbons (Fsp3) is 0. The van der Waals surface area contributed by atoms with Crippen LogP contribution in [0.2, 0.25) is 0 Å². The quantitative estimate of drug-likeness (QED) is 0.284. The van der Waals surface area contributed by atoms with Crippen molar-refractivity contribution >= 4 is 11.4 Å². The molecule has 0 fully saturated rings. The topological polar surface area (TPSA) is 60.4 Å². The first kappa shape index (κ1) is 16.2. The van der Waals surface area contributed by atoms with Crippen LogP contribution in [0.25, 0.3) is 0 Å². The van der Waals surface area contributed by atoms with Gasteiger partial charge in [-0.15, -0.1) is 0 Å². The van der Waals surface area contributed by atoms with Gasteiger partial charge in [-0.2, -0.15) is 0 Å². The van der Waals surface area contributed by atoms with Gasteiger partial charge in [-0.1, -0.05) is 0 Å². The van der Waals surface area contributed by atoms with E-state index < -0.39 is 11.4 Å². The molecule has 1 atom stereocenters. The van der Waals surface area contributed by atoms with E-state index in [1.54, 1.807) is 0 Å². The Bertz CT molecular complexity index is 38.3. The summed E-state index contributed by atoms with van der Waals surface area (Å²) in [4.78, 5) is 0. The van der Waals surface area contributed by atoms with Gasteiger partial charge in [0.05, 0.1) is 11.4 Å². The van der Waals surface area contributed by atoms with Crippen molar-refractivity contribution in [3.63, 3.8) is 0 Å². The number of hydrogen-bond acceptors (Lipinski definition) is 2. The van der Waals surface area contributed by atoms with Gasteiger partial charge in [0.1, 0.15) is 0 Å². The molecule has 0 radical (unpaired) electrons. The van der Waals surface area contributed by atoms with Crippen molar-refractivity contribution in [1.82, 2.24) is 0 Å². The number of rotatable bonds is 0. The van der Waals surface area contributed by atoms with Crippen LogP contribution in [-0.2, 0) is 11.4 Å². The molecule has 1 N–H and O–H groups in total. The molecule has 0 heterocycles. The van der Waals surface area contributed by atoms with E-state index in [-0.39, 0.29) is 106 Å².